The van der Waals surface area contributed by atoms with Gasteiger partial charge in [-0.3, -0.25) is 4.79 Å². The highest BCUT2D eigenvalue weighted by molar-refractivity contribution is 6.35. The Morgan fingerprint density at radius 2 is 1.62 bits per heavy atom. The first kappa shape index (κ1) is 21.2. The molecule has 1 N–H and O–H groups in total. The van der Waals surface area contributed by atoms with Crippen LogP contribution in [0.1, 0.15) is 27.6 Å². The number of ether oxygens (including phenoxy) is 1. The summed E-state index contributed by atoms with van der Waals surface area (Å²) in [5.41, 5.74) is 1.95. The van der Waals surface area contributed by atoms with E-state index in [-0.39, 0.29) is 10.6 Å². The first-order chi connectivity index (χ1) is 13.8. The van der Waals surface area contributed by atoms with Gasteiger partial charge in [0.15, 0.2) is 0 Å². The molecule has 1 atom stereocenters. The Balaban J connectivity index is 1.88. The number of carbonyl (C=O) groups excluding carboxylic acids is 2. The fraction of sp³-hybridized carbons (Fsp3) is 0.0909. The first-order valence-electron chi connectivity index (χ1n) is 8.63. The lowest BCUT2D eigenvalue weighted by Gasteiger charge is -2.19. The number of hydrogen-bond donors (Lipinski definition) is 1. The van der Waals surface area contributed by atoms with Crippen LogP contribution in [0.15, 0.2) is 66.7 Å². The van der Waals surface area contributed by atoms with Crippen LogP contribution in [0.2, 0.25) is 15.1 Å². The van der Waals surface area contributed by atoms with Crippen LogP contribution < -0.4 is 5.32 Å². The molecule has 0 fully saturated rings. The van der Waals surface area contributed by atoms with Gasteiger partial charge in [0.2, 0.25) is 6.10 Å². The quantitative estimate of drug-likeness (QED) is 0.454. The van der Waals surface area contributed by atoms with Gasteiger partial charge < -0.3 is 10.1 Å². The van der Waals surface area contributed by atoms with E-state index in [0.717, 1.165) is 5.56 Å². The normalized spacial score (nSPS) is 11.6. The molecule has 7 heteroatoms. The summed E-state index contributed by atoms with van der Waals surface area (Å²) in [6, 6.07) is 18.3. The van der Waals surface area contributed by atoms with Crippen molar-refractivity contribution in [3.05, 3.63) is 98.5 Å². The Hall–Kier alpha value is -2.53. The highest BCUT2D eigenvalue weighted by Gasteiger charge is 2.27. The maximum absolute atomic E-state index is 12.9. The van der Waals surface area contributed by atoms with Crippen molar-refractivity contribution in [3.63, 3.8) is 0 Å². The number of carbonyl (C=O) groups is 2. The molecule has 0 unspecified atom stereocenters. The molecule has 0 saturated carbocycles. The van der Waals surface area contributed by atoms with E-state index in [1.165, 1.54) is 12.1 Å². The Labute approximate surface area is 183 Å². The van der Waals surface area contributed by atoms with Crippen molar-refractivity contribution in [2.24, 2.45) is 0 Å². The fourth-order valence-corrected chi connectivity index (χ4v) is 3.15. The zero-order valence-corrected chi connectivity index (χ0v) is 17.6. The number of nitrogens with one attached hydrogen (secondary N) is 1. The largest absolute Gasteiger partial charge is 0.444 e. The molecule has 0 aliphatic heterocycles. The van der Waals surface area contributed by atoms with Gasteiger partial charge in [0.05, 0.1) is 10.6 Å². The molecule has 0 heterocycles. The number of esters is 1. The third-order valence-corrected chi connectivity index (χ3v) is 5.12. The van der Waals surface area contributed by atoms with Crippen molar-refractivity contribution in [2.75, 3.05) is 5.32 Å². The molecule has 0 aliphatic rings. The monoisotopic (exact) mass is 447 g/mol. The summed E-state index contributed by atoms with van der Waals surface area (Å²) in [4.78, 5) is 25.6. The summed E-state index contributed by atoms with van der Waals surface area (Å²) in [6.07, 6.45) is -1.20. The second-order valence-corrected chi connectivity index (χ2v) is 7.52. The predicted molar refractivity (Wildman–Crippen MR) is 116 cm³/mol. The van der Waals surface area contributed by atoms with Crippen LogP contribution >= 0.6 is 34.8 Å². The summed E-state index contributed by atoms with van der Waals surface area (Å²) < 4.78 is 5.52. The zero-order chi connectivity index (χ0) is 21.0. The maximum atomic E-state index is 12.9. The van der Waals surface area contributed by atoms with E-state index in [2.05, 4.69) is 5.32 Å². The Morgan fingerprint density at radius 3 is 2.31 bits per heavy atom. The Bertz CT molecular complexity index is 1050. The highest BCUT2D eigenvalue weighted by Crippen LogP contribution is 2.27. The van der Waals surface area contributed by atoms with Crippen molar-refractivity contribution in [1.29, 1.82) is 0 Å². The number of hydrogen-bond acceptors (Lipinski definition) is 3. The fourth-order valence-electron chi connectivity index (χ4n) is 2.60. The van der Waals surface area contributed by atoms with E-state index in [9.17, 15) is 9.59 Å². The van der Waals surface area contributed by atoms with Crippen LogP contribution in [0, 0.1) is 6.92 Å². The van der Waals surface area contributed by atoms with Crippen molar-refractivity contribution in [2.45, 2.75) is 13.0 Å². The lowest BCUT2D eigenvalue weighted by molar-refractivity contribution is -0.125. The molecule has 0 spiro atoms. The number of amides is 1. The van der Waals surface area contributed by atoms with Crippen LogP contribution in [0.25, 0.3) is 0 Å². The van der Waals surface area contributed by atoms with Crippen LogP contribution in [0.4, 0.5) is 5.69 Å². The zero-order valence-electron chi connectivity index (χ0n) is 15.3. The molecule has 0 bridgehead atoms. The number of anilines is 1. The number of aryl methyl sites for hydroxylation is 1. The number of rotatable bonds is 5. The molecule has 3 aromatic rings. The van der Waals surface area contributed by atoms with Gasteiger partial charge in [-0.25, -0.2) is 4.79 Å². The van der Waals surface area contributed by atoms with Gasteiger partial charge in [0.1, 0.15) is 0 Å². The number of halogens is 3. The molecule has 0 aliphatic carbocycles. The molecule has 29 heavy (non-hydrogen) atoms. The summed E-state index contributed by atoms with van der Waals surface area (Å²) in [7, 11) is 0. The van der Waals surface area contributed by atoms with Crippen molar-refractivity contribution in [1.82, 2.24) is 0 Å². The number of benzene rings is 3. The molecule has 1 amide bonds. The van der Waals surface area contributed by atoms with Gasteiger partial charge >= 0.3 is 5.97 Å². The summed E-state index contributed by atoms with van der Waals surface area (Å²) in [5, 5.41) is 3.75. The Kier molecular flexibility index (Phi) is 6.80. The maximum Gasteiger partial charge on any atom is 0.340 e. The third kappa shape index (κ3) is 5.30. The van der Waals surface area contributed by atoms with Gasteiger partial charge in [-0.15, -0.1) is 0 Å². The molecule has 4 nitrogen and oxygen atoms in total. The van der Waals surface area contributed by atoms with E-state index >= 15 is 0 Å². The minimum atomic E-state index is -1.20. The van der Waals surface area contributed by atoms with E-state index < -0.39 is 18.0 Å². The van der Waals surface area contributed by atoms with Crippen molar-refractivity contribution < 1.29 is 14.3 Å². The average Bonchev–Trinajstić information content (AvgIpc) is 2.71. The Morgan fingerprint density at radius 1 is 0.897 bits per heavy atom. The van der Waals surface area contributed by atoms with E-state index in [0.29, 0.717) is 21.3 Å². The summed E-state index contributed by atoms with van der Waals surface area (Å²) >= 11 is 18.2. The third-order valence-electron chi connectivity index (χ3n) is 4.15. The van der Waals surface area contributed by atoms with Crippen LogP contribution in [-0.4, -0.2) is 11.9 Å². The summed E-state index contributed by atoms with van der Waals surface area (Å²) in [6.45, 7) is 1.86. The molecule has 0 saturated heterocycles. The predicted octanol–water partition coefficient (Wildman–Crippen LogP) is 6.49. The van der Waals surface area contributed by atoms with E-state index in [4.69, 9.17) is 39.5 Å². The molecule has 148 valence electrons. The average molecular weight is 449 g/mol. The van der Waals surface area contributed by atoms with Gasteiger partial charge in [-0.1, -0.05) is 71.2 Å². The molecular weight excluding hydrogens is 433 g/mol. The van der Waals surface area contributed by atoms with Crippen molar-refractivity contribution in [3.8, 4) is 0 Å². The lowest BCUT2D eigenvalue weighted by Crippen LogP contribution is -2.26. The van der Waals surface area contributed by atoms with Gasteiger partial charge in [0.25, 0.3) is 5.91 Å². The SMILES string of the molecule is Cc1ccc(NC(=O)[C@@H](OC(=O)c2cc(Cl)ccc2Cl)c2ccccc2)cc1Cl. The highest BCUT2D eigenvalue weighted by atomic mass is 35.5. The molecule has 0 radical (unpaired) electrons. The van der Waals surface area contributed by atoms with Crippen LogP contribution in [0.5, 0.6) is 0 Å². The van der Waals surface area contributed by atoms with Gasteiger partial charge in [-0.2, -0.15) is 0 Å². The minimum absolute atomic E-state index is 0.0753. The smallest absolute Gasteiger partial charge is 0.340 e. The van der Waals surface area contributed by atoms with E-state index in [1.807, 2.05) is 6.92 Å². The molecule has 0 aromatic heterocycles. The van der Waals surface area contributed by atoms with Crippen molar-refractivity contribution >= 4 is 52.4 Å². The van der Waals surface area contributed by atoms with Gasteiger partial charge in [0, 0.05) is 21.3 Å². The second kappa shape index (κ2) is 9.31. The lowest BCUT2D eigenvalue weighted by atomic mass is 10.1. The molecule has 3 rings (SSSR count). The van der Waals surface area contributed by atoms with Crippen LogP contribution in [0.3, 0.4) is 0 Å². The van der Waals surface area contributed by atoms with E-state index in [1.54, 1.807) is 54.6 Å². The molecule has 3 aromatic carbocycles. The van der Waals surface area contributed by atoms with Crippen LogP contribution in [-0.2, 0) is 9.53 Å². The standard InChI is InChI=1S/C22H16Cl3NO3/c1-13-7-9-16(12-19(13)25)26-21(27)20(14-5-3-2-4-6-14)29-22(28)17-11-15(23)8-10-18(17)24/h2-12,20H,1H3,(H,26,27)/t20-/m0/s1. The topological polar surface area (TPSA) is 55.4 Å². The minimum Gasteiger partial charge on any atom is -0.444 e. The van der Waals surface area contributed by atoms with Gasteiger partial charge in [-0.05, 0) is 42.8 Å². The second-order valence-electron chi connectivity index (χ2n) is 6.27. The summed E-state index contributed by atoms with van der Waals surface area (Å²) in [5.74, 6) is -1.29. The molecular formula is C22H16Cl3NO3. The first-order valence-corrected chi connectivity index (χ1v) is 9.76.